The minimum absolute atomic E-state index is 0.281. The van der Waals surface area contributed by atoms with Gasteiger partial charge in [-0.3, -0.25) is 18.7 Å². The van der Waals surface area contributed by atoms with Crippen molar-refractivity contribution in [1.29, 1.82) is 0 Å². The molecule has 0 spiro atoms. The lowest BCUT2D eigenvalue weighted by Gasteiger charge is -2.11. The number of nitrogens with zero attached hydrogens (tertiary/aromatic N) is 4. The van der Waals surface area contributed by atoms with Crippen LogP contribution in [0.5, 0.6) is 0 Å². The van der Waals surface area contributed by atoms with Crippen LogP contribution in [0.1, 0.15) is 13.8 Å². The number of aromatic nitrogens is 4. The predicted molar refractivity (Wildman–Crippen MR) is 92.4 cm³/mol. The zero-order chi connectivity index (χ0) is 18.2. The van der Waals surface area contributed by atoms with E-state index < -0.39 is 22.5 Å². The van der Waals surface area contributed by atoms with E-state index in [0.29, 0.717) is 17.2 Å². The molecule has 0 aliphatic carbocycles. The van der Waals surface area contributed by atoms with Gasteiger partial charge in [-0.05, 0) is 13.8 Å². The Kier molecular flexibility index (Phi) is 5.02. The Morgan fingerprint density at radius 3 is 2.50 bits per heavy atom. The highest BCUT2D eigenvalue weighted by Gasteiger charge is 2.23. The lowest BCUT2D eigenvalue weighted by molar-refractivity contribution is -0.139. The van der Waals surface area contributed by atoms with Crippen molar-refractivity contribution >= 4 is 28.9 Å². The molecule has 0 radical (unpaired) electrons. The molecule has 0 bridgehead atoms. The quantitative estimate of drug-likeness (QED) is 0.446. The normalized spacial score (nSPS) is 12.4. The van der Waals surface area contributed by atoms with Crippen molar-refractivity contribution in [2.24, 2.45) is 14.1 Å². The summed E-state index contributed by atoms with van der Waals surface area (Å²) in [5.74, 6) is -0.393. The number of imidazole rings is 1. The molecule has 8 nitrogen and oxygen atoms in total. The molecule has 2 aromatic rings. The number of methoxy groups -OCH3 is 1. The number of thioether (sulfide) groups is 1. The molecular weight excluding hydrogens is 332 g/mol. The minimum Gasteiger partial charge on any atom is -0.468 e. The van der Waals surface area contributed by atoms with E-state index in [1.54, 1.807) is 18.5 Å². The third kappa shape index (κ3) is 3.03. The molecule has 2 rings (SSSR count). The van der Waals surface area contributed by atoms with Gasteiger partial charge in [0.15, 0.2) is 16.3 Å². The van der Waals surface area contributed by atoms with E-state index in [4.69, 9.17) is 4.74 Å². The third-order valence-corrected chi connectivity index (χ3v) is 4.62. The van der Waals surface area contributed by atoms with Gasteiger partial charge in [0.25, 0.3) is 5.56 Å². The molecule has 130 valence electrons. The zero-order valence-corrected chi connectivity index (χ0v) is 15.1. The van der Waals surface area contributed by atoms with Crippen molar-refractivity contribution < 1.29 is 9.53 Å². The predicted octanol–water partition coefficient (Wildman–Crippen LogP) is 0.663. The minimum atomic E-state index is -0.503. The number of hydrogen-bond acceptors (Lipinski definition) is 6. The lowest BCUT2D eigenvalue weighted by Crippen LogP contribution is -2.37. The van der Waals surface area contributed by atoms with Gasteiger partial charge < -0.3 is 9.30 Å². The van der Waals surface area contributed by atoms with Crippen molar-refractivity contribution in [3.05, 3.63) is 33.0 Å². The fraction of sp³-hybridized carbons (Fsp3) is 0.467. The molecule has 0 unspecified atom stereocenters. The van der Waals surface area contributed by atoms with Gasteiger partial charge in [-0.2, -0.15) is 0 Å². The molecule has 2 aromatic heterocycles. The van der Waals surface area contributed by atoms with Crippen molar-refractivity contribution in [1.82, 2.24) is 18.7 Å². The van der Waals surface area contributed by atoms with E-state index in [0.717, 1.165) is 10.1 Å². The number of allylic oxidation sites excluding steroid dienone is 1. The Hall–Kier alpha value is -2.29. The summed E-state index contributed by atoms with van der Waals surface area (Å²) in [6.45, 7) is 7.76. The molecule has 0 aromatic carbocycles. The van der Waals surface area contributed by atoms with Gasteiger partial charge in [0, 0.05) is 20.6 Å². The third-order valence-electron chi connectivity index (χ3n) is 3.56. The second-order valence-corrected chi connectivity index (χ2v) is 6.91. The SMILES string of the molecule is C=C(C)Cn1c(S[C@H](C)C(=O)OC)nc2c1c(=O)n(C)c(=O)n2C. The molecular formula is C15H20N4O4S. The summed E-state index contributed by atoms with van der Waals surface area (Å²) < 4.78 is 8.77. The van der Waals surface area contributed by atoms with Crippen molar-refractivity contribution in [3.8, 4) is 0 Å². The second-order valence-electron chi connectivity index (χ2n) is 5.60. The van der Waals surface area contributed by atoms with E-state index in [-0.39, 0.29) is 5.65 Å². The van der Waals surface area contributed by atoms with E-state index in [1.165, 1.54) is 30.5 Å². The van der Waals surface area contributed by atoms with Gasteiger partial charge in [-0.25, -0.2) is 9.78 Å². The summed E-state index contributed by atoms with van der Waals surface area (Å²) in [4.78, 5) is 40.8. The molecule has 0 fully saturated rings. The first-order chi connectivity index (χ1) is 11.2. The number of carbonyl (C=O) groups excluding carboxylic acids is 1. The summed E-state index contributed by atoms with van der Waals surface area (Å²) in [5, 5.41) is -0.0410. The number of esters is 1. The number of fused-ring (bicyclic) bond motifs is 1. The van der Waals surface area contributed by atoms with Gasteiger partial charge in [-0.15, -0.1) is 0 Å². The van der Waals surface area contributed by atoms with Gasteiger partial charge >= 0.3 is 11.7 Å². The Bertz CT molecular complexity index is 938. The fourth-order valence-electron chi connectivity index (χ4n) is 2.31. The summed E-state index contributed by atoms with van der Waals surface area (Å²) in [6, 6.07) is 0. The van der Waals surface area contributed by atoms with Crippen molar-refractivity contribution in [2.75, 3.05) is 7.11 Å². The Balaban J connectivity index is 2.76. The van der Waals surface area contributed by atoms with Crippen LogP contribution in [0.4, 0.5) is 0 Å². The number of hydrogen-bond donors (Lipinski definition) is 0. The van der Waals surface area contributed by atoms with Gasteiger partial charge in [0.2, 0.25) is 0 Å². The van der Waals surface area contributed by atoms with Crippen LogP contribution in [-0.4, -0.2) is 37.0 Å². The summed E-state index contributed by atoms with van der Waals surface area (Å²) in [6.07, 6.45) is 0. The number of ether oxygens (including phenoxy) is 1. The summed E-state index contributed by atoms with van der Waals surface area (Å²) in [5.41, 5.74) is 0.522. The van der Waals surface area contributed by atoms with Crippen molar-refractivity contribution in [2.45, 2.75) is 30.8 Å². The number of carbonyl (C=O) groups is 1. The van der Waals surface area contributed by atoms with Crippen LogP contribution in [0.3, 0.4) is 0 Å². The van der Waals surface area contributed by atoms with Crippen LogP contribution in [0, 0.1) is 0 Å². The molecule has 0 aliphatic heterocycles. The van der Waals surface area contributed by atoms with E-state index in [9.17, 15) is 14.4 Å². The van der Waals surface area contributed by atoms with Crippen molar-refractivity contribution in [3.63, 3.8) is 0 Å². The maximum absolute atomic E-state index is 12.6. The molecule has 24 heavy (non-hydrogen) atoms. The lowest BCUT2D eigenvalue weighted by atomic mass is 10.3. The Labute approximate surface area is 142 Å². The molecule has 0 saturated carbocycles. The standard InChI is InChI=1S/C15H20N4O4S/c1-8(2)7-19-10-11(17(4)15(22)18(5)12(10)20)16-14(19)24-9(3)13(21)23-6/h9H,1,7H2,2-6H3/t9-/m1/s1. The average Bonchev–Trinajstić information content (AvgIpc) is 2.87. The smallest absolute Gasteiger partial charge is 0.332 e. The Morgan fingerprint density at radius 1 is 1.33 bits per heavy atom. The van der Waals surface area contributed by atoms with Crippen LogP contribution in [0.25, 0.3) is 11.2 Å². The second kappa shape index (κ2) is 6.68. The summed E-state index contributed by atoms with van der Waals surface area (Å²) in [7, 11) is 4.29. The average molecular weight is 352 g/mol. The molecule has 9 heteroatoms. The van der Waals surface area contributed by atoms with Crippen LogP contribution in [0.2, 0.25) is 0 Å². The van der Waals surface area contributed by atoms with Crippen LogP contribution in [0.15, 0.2) is 26.9 Å². The maximum atomic E-state index is 12.6. The Morgan fingerprint density at radius 2 is 1.96 bits per heavy atom. The highest BCUT2D eigenvalue weighted by molar-refractivity contribution is 8.00. The number of rotatable bonds is 5. The molecule has 2 heterocycles. The highest BCUT2D eigenvalue weighted by atomic mass is 32.2. The van der Waals surface area contributed by atoms with Gasteiger partial charge in [0.05, 0.1) is 7.11 Å². The molecule has 0 aliphatic rings. The molecule has 1 atom stereocenters. The largest absolute Gasteiger partial charge is 0.468 e. The first kappa shape index (κ1) is 18.1. The molecule has 0 amide bonds. The maximum Gasteiger partial charge on any atom is 0.332 e. The van der Waals surface area contributed by atoms with Crippen LogP contribution < -0.4 is 11.2 Å². The molecule has 0 saturated heterocycles. The summed E-state index contributed by atoms with van der Waals surface area (Å²) >= 11 is 1.17. The van der Waals surface area contributed by atoms with Crippen LogP contribution >= 0.6 is 11.8 Å². The zero-order valence-electron chi connectivity index (χ0n) is 14.3. The first-order valence-corrected chi connectivity index (χ1v) is 8.12. The van der Waals surface area contributed by atoms with E-state index in [1.807, 2.05) is 6.92 Å². The molecule has 0 N–H and O–H groups in total. The van der Waals surface area contributed by atoms with Gasteiger partial charge in [0.1, 0.15) is 5.25 Å². The van der Waals surface area contributed by atoms with E-state index >= 15 is 0 Å². The monoisotopic (exact) mass is 352 g/mol. The van der Waals surface area contributed by atoms with Crippen LogP contribution in [-0.2, 0) is 30.2 Å². The van der Waals surface area contributed by atoms with E-state index in [2.05, 4.69) is 11.6 Å². The topological polar surface area (TPSA) is 88.1 Å². The first-order valence-electron chi connectivity index (χ1n) is 7.24. The van der Waals surface area contributed by atoms with Gasteiger partial charge in [-0.1, -0.05) is 23.9 Å². The fourth-order valence-corrected chi connectivity index (χ4v) is 3.24. The highest BCUT2D eigenvalue weighted by Crippen LogP contribution is 2.26. The number of aryl methyl sites for hydroxylation is 1.